The van der Waals surface area contributed by atoms with Gasteiger partial charge in [-0.1, -0.05) is 11.6 Å². The second-order valence-corrected chi connectivity index (χ2v) is 2.21. The van der Waals surface area contributed by atoms with Gasteiger partial charge in [-0.3, -0.25) is 4.98 Å². The molecule has 0 saturated heterocycles. The minimum atomic E-state index is -1.54. The lowest BCUT2D eigenvalue weighted by atomic mass is 10.3. The van der Waals surface area contributed by atoms with Crippen molar-refractivity contribution in [3.8, 4) is 0 Å². The molecule has 0 radical (unpaired) electrons. The van der Waals surface area contributed by atoms with Crippen molar-refractivity contribution < 1.29 is 10.2 Å². The van der Waals surface area contributed by atoms with E-state index in [4.69, 9.17) is 21.8 Å². The van der Waals surface area contributed by atoms with Crippen LogP contribution in [-0.2, 0) is 0 Å². The van der Waals surface area contributed by atoms with Crippen LogP contribution in [0, 0.1) is 0 Å². The van der Waals surface area contributed by atoms with E-state index < -0.39 is 6.29 Å². The second-order valence-electron chi connectivity index (χ2n) is 1.77. The Morgan fingerprint density at radius 2 is 2.20 bits per heavy atom. The lowest BCUT2D eigenvalue weighted by molar-refractivity contribution is -0.0458. The molecule has 54 valence electrons. The largest absolute Gasteiger partial charge is 0.363 e. The maximum Gasteiger partial charge on any atom is 0.196 e. The zero-order valence-corrected chi connectivity index (χ0v) is 5.78. The van der Waals surface area contributed by atoms with Crippen LogP contribution in [0.3, 0.4) is 0 Å². The van der Waals surface area contributed by atoms with Gasteiger partial charge in [-0.05, 0) is 12.1 Å². The highest BCUT2D eigenvalue weighted by Crippen LogP contribution is 2.11. The minimum absolute atomic E-state index is 0.160. The van der Waals surface area contributed by atoms with Gasteiger partial charge < -0.3 is 10.2 Å². The highest BCUT2D eigenvalue weighted by atomic mass is 35.5. The highest BCUT2D eigenvalue weighted by Gasteiger charge is 2.02. The standard InChI is InChI=1S/C6H6ClNO2/c7-4-1-2-8-5(3-4)6(9)10/h1-3,6,9-10H. The Hall–Kier alpha value is -0.640. The number of halogens is 1. The summed E-state index contributed by atoms with van der Waals surface area (Å²) in [4.78, 5) is 3.65. The van der Waals surface area contributed by atoms with Gasteiger partial charge in [0.2, 0.25) is 0 Å². The third-order valence-corrected chi connectivity index (χ3v) is 1.24. The lowest BCUT2D eigenvalue weighted by Gasteiger charge is -2.00. The number of hydrogen-bond acceptors (Lipinski definition) is 3. The van der Waals surface area contributed by atoms with E-state index in [2.05, 4.69) is 4.98 Å². The third-order valence-electron chi connectivity index (χ3n) is 1.01. The highest BCUT2D eigenvalue weighted by molar-refractivity contribution is 6.30. The maximum atomic E-state index is 8.58. The zero-order chi connectivity index (χ0) is 7.56. The molecule has 3 nitrogen and oxygen atoms in total. The molecule has 1 heterocycles. The van der Waals surface area contributed by atoms with Crippen molar-refractivity contribution in [2.45, 2.75) is 6.29 Å². The fourth-order valence-corrected chi connectivity index (χ4v) is 0.731. The van der Waals surface area contributed by atoms with Crippen LogP contribution < -0.4 is 0 Å². The van der Waals surface area contributed by atoms with Crippen LogP contribution >= 0.6 is 11.6 Å². The van der Waals surface area contributed by atoms with Crippen LogP contribution in [0.1, 0.15) is 12.0 Å². The Balaban J connectivity index is 2.96. The van der Waals surface area contributed by atoms with Gasteiger partial charge in [-0.15, -0.1) is 0 Å². The predicted molar refractivity (Wildman–Crippen MR) is 36.4 cm³/mol. The smallest absolute Gasteiger partial charge is 0.196 e. The molecule has 0 atom stereocenters. The van der Waals surface area contributed by atoms with Crippen molar-refractivity contribution in [2.24, 2.45) is 0 Å². The van der Waals surface area contributed by atoms with Gasteiger partial charge in [0.25, 0.3) is 0 Å². The number of aliphatic hydroxyl groups excluding tert-OH is 1. The van der Waals surface area contributed by atoms with E-state index in [0.717, 1.165) is 0 Å². The molecule has 0 aliphatic carbocycles. The zero-order valence-electron chi connectivity index (χ0n) is 5.03. The van der Waals surface area contributed by atoms with E-state index in [-0.39, 0.29) is 5.69 Å². The molecule has 10 heavy (non-hydrogen) atoms. The Kier molecular flexibility index (Phi) is 2.21. The van der Waals surface area contributed by atoms with Crippen LogP contribution in [0.4, 0.5) is 0 Å². The lowest BCUT2D eigenvalue weighted by Crippen LogP contribution is -1.96. The number of pyridine rings is 1. The number of nitrogens with zero attached hydrogens (tertiary/aromatic N) is 1. The Labute approximate surface area is 62.9 Å². The molecule has 0 saturated carbocycles. The van der Waals surface area contributed by atoms with Gasteiger partial charge in [-0.25, -0.2) is 0 Å². The molecule has 0 bridgehead atoms. The van der Waals surface area contributed by atoms with Crippen LogP contribution in [0.15, 0.2) is 18.3 Å². The topological polar surface area (TPSA) is 53.4 Å². The minimum Gasteiger partial charge on any atom is -0.363 e. The fourth-order valence-electron chi connectivity index (χ4n) is 0.562. The summed E-state index contributed by atoms with van der Waals surface area (Å²) >= 11 is 5.53. The second kappa shape index (κ2) is 2.96. The van der Waals surface area contributed by atoms with Gasteiger partial charge in [-0.2, -0.15) is 0 Å². The Morgan fingerprint density at radius 1 is 1.50 bits per heavy atom. The van der Waals surface area contributed by atoms with E-state index in [9.17, 15) is 0 Å². The van der Waals surface area contributed by atoms with Gasteiger partial charge in [0.15, 0.2) is 6.29 Å². The summed E-state index contributed by atoms with van der Waals surface area (Å²) in [5.41, 5.74) is 0.160. The average Bonchev–Trinajstić information content (AvgIpc) is 1.88. The molecule has 0 fully saturated rings. The number of hydrogen-bond donors (Lipinski definition) is 2. The van der Waals surface area contributed by atoms with Gasteiger partial charge in [0, 0.05) is 11.2 Å². The molecule has 1 rings (SSSR count). The van der Waals surface area contributed by atoms with Crippen molar-refractivity contribution in [1.82, 2.24) is 4.98 Å². The number of aromatic nitrogens is 1. The third kappa shape index (κ3) is 1.67. The van der Waals surface area contributed by atoms with Gasteiger partial charge in [0.1, 0.15) is 0 Å². The number of aliphatic hydroxyl groups is 2. The molecule has 1 aromatic rings. The van der Waals surface area contributed by atoms with Crippen molar-refractivity contribution in [1.29, 1.82) is 0 Å². The van der Waals surface area contributed by atoms with E-state index >= 15 is 0 Å². The van der Waals surface area contributed by atoms with Crippen LogP contribution in [0.2, 0.25) is 5.02 Å². The molecule has 1 aromatic heterocycles. The molecule has 0 aromatic carbocycles. The molecule has 0 aliphatic heterocycles. The molecule has 0 aliphatic rings. The first kappa shape index (κ1) is 7.47. The molecule has 0 spiro atoms. The predicted octanol–water partition coefficient (Wildman–Crippen LogP) is 0.718. The summed E-state index contributed by atoms with van der Waals surface area (Å²) < 4.78 is 0. The quantitative estimate of drug-likeness (QED) is 0.594. The first-order chi connectivity index (χ1) is 4.70. The van der Waals surface area contributed by atoms with Gasteiger partial charge in [0.05, 0.1) is 5.69 Å². The Morgan fingerprint density at radius 3 is 2.60 bits per heavy atom. The molecule has 2 N–H and O–H groups in total. The molecule has 0 amide bonds. The summed E-state index contributed by atoms with van der Waals surface area (Å²) in [7, 11) is 0. The summed E-state index contributed by atoms with van der Waals surface area (Å²) in [6, 6.07) is 2.96. The molecule has 0 unspecified atom stereocenters. The van der Waals surface area contributed by atoms with Crippen LogP contribution in [0.25, 0.3) is 0 Å². The Bertz CT molecular complexity index is 227. The molecular formula is C6H6ClNO2. The fraction of sp³-hybridized carbons (Fsp3) is 0.167. The monoisotopic (exact) mass is 159 g/mol. The van der Waals surface area contributed by atoms with E-state index in [1.165, 1.54) is 12.3 Å². The van der Waals surface area contributed by atoms with Crippen molar-refractivity contribution in [3.05, 3.63) is 29.0 Å². The normalized spacial score (nSPS) is 10.4. The maximum absolute atomic E-state index is 8.58. The average molecular weight is 160 g/mol. The van der Waals surface area contributed by atoms with Crippen LogP contribution in [0.5, 0.6) is 0 Å². The summed E-state index contributed by atoms with van der Waals surface area (Å²) in [5.74, 6) is 0. The number of rotatable bonds is 1. The summed E-state index contributed by atoms with van der Waals surface area (Å²) in [6.07, 6.45) is -0.129. The first-order valence-electron chi connectivity index (χ1n) is 2.68. The van der Waals surface area contributed by atoms with Crippen LogP contribution in [-0.4, -0.2) is 15.2 Å². The summed E-state index contributed by atoms with van der Waals surface area (Å²) in [6.45, 7) is 0. The molecule has 4 heteroatoms. The van der Waals surface area contributed by atoms with Crippen molar-refractivity contribution in [2.75, 3.05) is 0 Å². The van der Waals surface area contributed by atoms with Crippen molar-refractivity contribution in [3.63, 3.8) is 0 Å². The first-order valence-corrected chi connectivity index (χ1v) is 3.05. The van der Waals surface area contributed by atoms with Crippen molar-refractivity contribution >= 4 is 11.6 Å². The van der Waals surface area contributed by atoms with E-state index in [0.29, 0.717) is 5.02 Å². The molecular weight excluding hydrogens is 154 g/mol. The van der Waals surface area contributed by atoms with E-state index in [1.54, 1.807) is 6.07 Å². The SMILES string of the molecule is OC(O)c1cc(Cl)ccn1. The van der Waals surface area contributed by atoms with Gasteiger partial charge >= 0.3 is 0 Å². The summed E-state index contributed by atoms with van der Waals surface area (Å²) in [5, 5.41) is 17.6. The van der Waals surface area contributed by atoms with E-state index in [1.807, 2.05) is 0 Å².